The van der Waals surface area contributed by atoms with Crippen LogP contribution in [0.4, 0.5) is 0 Å². The summed E-state index contributed by atoms with van der Waals surface area (Å²) in [6.07, 6.45) is 0.506. The standard InChI is InChI=1S/C14H20N3O/c1-16-7-9-17(10-8-16)14(18)13(15)11-12-5-3-2-4-6-12/h2-6,13,15H,7-11H2,1H3. The number of nitrogens with zero attached hydrogens (tertiary/aromatic N) is 2. The van der Waals surface area contributed by atoms with Crippen LogP contribution >= 0.6 is 0 Å². The van der Waals surface area contributed by atoms with Gasteiger partial charge in [0.15, 0.2) is 0 Å². The zero-order valence-electron chi connectivity index (χ0n) is 10.8. The van der Waals surface area contributed by atoms with Crippen molar-refractivity contribution in [2.24, 2.45) is 0 Å². The second-order valence-corrected chi connectivity index (χ2v) is 4.87. The molecule has 1 aliphatic heterocycles. The average Bonchev–Trinajstić information content (AvgIpc) is 2.40. The van der Waals surface area contributed by atoms with Gasteiger partial charge in [0.25, 0.3) is 0 Å². The maximum absolute atomic E-state index is 12.1. The number of piperazine rings is 1. The molecule has 1 amide bonds. The Morgan fingerprint density at radius 3 is 2.44 bits per heavy atom. The summed E-state index contributed by atoms with van der Waals surface area (Å²) in [4.78, 5) is 16.2. The minimum absolute atomic E-state index is 0.0352. The largest absolute Gasteiger partial charge is 0.339 e. The molecule has 4 nitrogen and oxygen atoms in total. The van der Waals surface area contributed by atoms with Crippen molar-refractivity contribution in [1.82, 2.24) is 15.5 Å². The Hall–Kier alpha value is -1.39. The summed E-state index contributed by atoms with van der Waals surface area (Å²) in [5, 5.41) is 0. The van der Waals surface area contributed by atoms with Crippen LogP contribution in [0.25, 0.3) is 0 Å². The third kappa shape index (κ3) is 3.31. The molecule has 0 bridgehead atoms. The highest BCUT2D eigenvalue weighted by atomic mass is 16.2. The van der Waals surface area contributed by atoms with Crippen molar-refractivity contribution in [1.29, 1.82) is 0 Å². The van der Waals surface area contributed by atoms with Crippen LogP contribution in [0.3, 0.4) is 0 Å². The number of rotatable bonds is 3. The lowest BCUT2D eigenvalue weighted by Crippen LogP contribution is -2.51. The van der Waals surface area contributed by atoms with Gasteiger partial charge >= 0.3 is 0 Å². The maximum Gasteiger partial charge on any atom is 0.241 e. The predicted molar refractivity (Wildman–Crippen MR) is 71.1 cm³/mol. The van der Waals surface area contributed by atoms with Crippen LogP contribution in [0.15, 0.2) is 30.3 Å². The molecule has 97 valence electrons. The van der Waals surface area contributed by atoms with Crippen LogP contribution in [0.1, 0.15) is 5.56 Å². The van der Waals surface area contributed by atoms with Gasteiger partial charge in [-0.3, -0.25) is 4.79 Å². The first-order valence-corrected chi connectivity index (χ1v) is 6.39. The van der Waals surface area contributed by atoms with Crippen molar-refractivity contribution in [3.63, 3.8) is 0 Å². The van der Waals surface area contributed by atoms with Gasteiger partial charge in [-0.1, -0.05) is 30.3 Å². The summed E-state index contributed by atoms with van der Waals surface area (Å²) in [5.74, 6) is -0.0352. The van der Waals surface area contributed by atoms with E-state index in [0.717, 1.165) is 31.7 Å². The van der Waals surface area contributed by atoms with E-state index in [1.807, 2.05) is 35.2 Å². The molecule has 1 unspecified atom stereocenters. The summed E-state index contributed by atoms with van der Waals surface area (Å²) < 4.78 is 0. The molecule has 1 fully saturated rings. The Morgan fingerprint density at radius 1 is 1.22 bits per heavy atom. The first-order valence-electron chi connectivity index (χ1n) is 6.39. The zero-order chi connectivity index (χ0) is 13.0. The van der Waals surface area contributed by atoms with E-state index in [1.54, 1.807) is 0 Å². The van der Waals surface area contributed by atoms with Crippen molar-refractivity contribution in [3.05, 3.63) is 35.9 Å². The minimum atomic E-state index is -0.671. The Kier molecular flexibility index (Phi) is 4.33. The second kappa shape index (κ2) is 5.98. The molecular weight excluding hydrogens is 226 g/mol. The number of amides is 1. The van der Waals surface area contributed by atoms with E-state index in [1.165, 1.54) is 0 Å². The first-order chi connectivity index (χ1) is 8.66. The summed E-state index contributed by atoms with van der Waals surface area (Å²) in [6, 6.07) is 9.11. The number of nitrogens with one attached hydrogen (secondary N) is 1. The van der Waals surface area contributed by atoms with E-state index >= 15 is 0 Å². The number of carbonyl (C=O) groups excluding carboxylic acids is 1. The smallest absolute Gasteiger partial charge is 0.241 e. The van der Waals surface area contributed by atoms with Gasteiger partial charge in [-0.05, 0) is 19.0 Å². The molecule has 1 N–H and O–H groups in total. The SMILES string of the molecule is CN1CCN(C(=O)C([NH])Cc2ccccc2)CC1. The highest BCUT2D eigenvalue weighted by molar-refractivity contribution is 5.82. The summed E-state index contributed by atoms with van der Waals surface area (Å²) in [5.41, 5.74) is 9.05. The topological polar surface area (TPSA) is 47.4 Å². The van der Waals surface area contributed by atoms with Crippen LogP contribution in [0.2, 0.25) is 0 Å². The molecule has 1 heterocycles. The maximum atomic E-state index is 12.1. The molecule has 4 heteroatoms. The van der Waals surface area contributed by atoms with Gasteiger partial charge in [0, 0.05) is 26.2 Å². The summed E-state index contributed by atoms with van der Waals surface area (Å²) in [7, 11) is 2.06. The summed E-state index contributed by atoms with van der Waals surface area (Å²) in [6.45, 7) is 3.31. The Morgan fingerprint density at radius 2 is 1.83 bits per heavy atom. The Bertz CT molecular complexity index is 385. The van der Waals surface area contributed by atoms with Crippen LogP contribution < -0.4 is 5.73 Å². The van der Waals surface area contributed by atoms with Crippen LogP contribution in [-0.2, 0) is 11.2 Å². The molecule has 0 spiro atoms. The van der Waals surface area contributed by atoms with Gasteiger partial charge in [0.2, 0.25) is 5.91 Å². The third-order valence-electron chi connectivity index (χ3n) is 3.40. The van der Waals surface area contributed by atoms with E-state index in [0.29, 0.717) is 6.42 Å². The molecule has 0 aromatic heterocycles. The summed E-state index contributed by atoms with van der Waals surface area (Å²) >= 11 is 0. The van der Waals surface area contributed by atoms with Crippen molar-refractivity contribution >= 4 is 5.91 Å². The number of carbonyl (C=O) groups is 1. The number of likely N-dealkylation sites (N-methyl/N-ethyl adjacent to an activating group) is 1. The van der Waals surface area contributed by atoms with Crippen LogP contribution in [0.5, 0.6) is 0 Å². The van der Waals surface area contributed by atoms with Gasteiger partial charge in [-0.25, -0.2) is 5.73 Å². The molecule has 0 aliphatic carbocycles. The van der Waals surface area contributed by atoms with Crippen molar-refractivity contribution in [3.8, 4) is 0 Å². The Labute approximate surface area is 108 Å². The van der Waals surface area contributed by atoms with Gasteiger partial charge in [0.05, 0.1) is 0 Å². The number of hydrogen-bond donors (Lipinski definition) is 0. The normalized spacial score (nSPS) is 18.7. The first kappa shape index (κ1) is 13.1. The van der Waals surface area contributed by atoms with Gasteiger partial charge in [-0.15, -0.1) is 0 Å². The fourth-order valence-electron chi connectivity index (χ4n) is 2.18. The van der Waals surface area contributed by atoms with E-state index in [9.17, 15) is 4.79 Å². The molecule has 2 rings (SSSR count). The third-order valence-corrected chi connectivity index (χ3v) is 3.40. The van der Waals surface area contributed by atoms with Crippen molar-refractivity contribution < 1.29 is 4.79 Å². The van der Waals surface area contributed by atoms with E-state index < -0.39 is 6.04 Å². The fraction of sp³-hybridized carbons (Fsp3) is 0.500. The molecule has 1 radical (unpaired) electrons. The molecule has 1 atom stereocenters. The van der Waals surface area contributed by atoms with Gasteiger partial charge < -0.3 is 9.80 Å². The highest BCUT2D eigenvalue weighted by Crippen LogP contribution is 2.07. The predicted octanol–water partition coefficient (Wildman–Crippen LogP) is 0.655. The lowest BCUT2D eigenvalue weighted by atomic mass is 10.1. The molecule has 1 aromatic rings. The van der Waals surface area contributed by atoms with E-state index in [2.05, 4.69) is 11.9 Å². The molecule has 18 heavy (non-hydrogen) atoms. The van der Waals surface area contributed by atoms with Crippen molar-refractivity contribution in [2.45, 2.75) is 12.5 Å². The molecule has 1 aromatic carbocycles. The Balaban J connectivity index is 1.89. The zero-order valence-corrected chi connectivity index (χ0v) is 10.8. The van der Waals surface area contributed by atoms with E-state index in [-0.39, 0.29) is 5.91 Å². The lowest BCUT2D eigenvalue weighted by molar-refractivity contribution is -0.134. The fourth-order valence-corrected chi connectivity index (χ4v) is 2.18. The molecule has 0 saturated carbocycles. The second-order valence-electron chi connectivity index (χ2n) is 4.87. The minimum Gasteiger partial charge on any atom is -0.339 e. The monoisotopic (exact) mass is 246 g/mol. The molecule has 1 aliphatic rings. The molecular formula is C14H20N3O. The van der Waals surface area contributed by atoms with Crippen molar-refractivity contribution in [2.75, 3.05) is 33.2 Å². The average molecular weight is 246 g/mol. The quantitative estimate of drug-likeness (QED) is 0.786. The van der Waals surface area contributed by atoms with E-state index in [4.69, 9.17) is 5.73 Å². The van der Waals surface area contributed by atoms with Crippen LogP contribution in [0, 0.1) is 0 Å². The van der Waals surface area contributed by atoms with Gasteiger partial charge in [0.1, 0.15) is 6.04 Å². The molecule has 1 saturated heterocycles. The van der Waals surface area contributed by atoms with Crippen LogP contribution in [-0.4, -0.2) is 55.0 Å². The number of benzene rings is 1. The lowest BCUT2D eigenvalue weighted by Gasteiger charge is -2.33. The van der Waals surface area contributed by atoms with Gasteiger partial charge in [-0.2, -0.15) is 0 Å². The highest BCUT2D eigenvalue weighted by Gasteiger charge is 2.24. The number of hydrogen-bond acceptors (Lipinski definition) is 2.